The number of anilines is 1. The second kappa shape index (κ2) is 4.81. The minimum Gasteiger partial charge on any atom is -0.465 e. The highest BCUT2D eigenvalue weighted by molar-refractivity contribution is 6.02. The van der Waals surface area contributed by atoms with E-state index in [-0.39, 0.29) is 11.3 Å². The summed E-state index contributed by atoms with van der Waals surface area (Å²) in [4.78, 5) is 25.4. The molecular weight excluding hydrogens is 241 g/mol. The summed E-state index contributed by atoms with van der Waals surface area (Å²) >= 11 is 0. The quantitative estimate of drug-likeness (QED) is 0.802. The predicted octanol–water partition coefficient (Wildman–Crippen LogP) is 1.37. The Labute approximate surface area is 93.6 Å². The number of aromatic nitrogens is 1. The highest BCUT2D eigenvalue weighted by Gasteiger charge is 2.39. The van der Waals surface area contributed by atoms with Gasteiger partial charge in [-0.1, -0.05) is 0 Å². The molecule has 0 aromatic carbocycles. The third-order valence-corrected chi connectivity index (χ3v) is 1.73. The Morgan fingerprint density at radius 3 is 2.59 bits per heavy atom. The molecule has 1 heterocycles. The van der Waals surface area contributed by atoms with Crippen LogP contribution in [-0.4, -0.2) is 30.1 Å². The number of methoxy groups -OCH3 is 1. The molecule has 1 aromatic heterocycles. The number of alkyl halides is 3. The van der Waals surface area contributed by atoms with Crippen LogP contribution in [-0.2, 0) is 9.53 Å². The van der Waals surface area contributed by atoms with Crippen molar-refractivity contribution in [3.63, 3.8) is 0 Å². The van der Waals surface area contributed by atoms with E-state index in [9.17, 15) is 22.8 Å². The van der Waals surface area contributed by atoms with Crippen LogP contribution >= 0.6 is 0 Å². The SMILES string of the molecule is COC(=O)c1ccncc1NC(=O)C(F)(F)F. The first-order valence-electron chi connectivity index (χ1n) is 4.26. The zero-order valence-corrected chi connectivity index (χ0v) is 8.54. The minimum atomic E-state index is -5.04. The smallest absolute Gasteiger partial charge is 0.465 e. The maximum Gasteiger partial charge on any atom is 0.471 e. The highest BCUT2D eigenvalue weighted by Crippen LogP contribution is 2.20. The van der Waals surface area contributed by atoms with Crippen LogP contribution in [0, 0.1) is 0 Å². The van der Waals surface area contributed by atoms with Crippen molar-refractivity contribution in [2.45, 2.75) is 6.18 Å². The molecule has 0 unspecified atom stereocenters. The fraction of sp³-hybridized carbons (Fsp3) is 0.222. The molecular formula is C9H7F3N2O3. The number of amides is 1. The number of hydrogen-bond acceptors (Lipinski definition) is 4. The van der Waals surface area contributed by atoms with Gasteiger partial charge in [-0.15, -0.1) is 0 Å². The van der Waals surface area contributed by atoms with Crippen LogP contribution in [0.1, 0.15) is 10.4 Å². The Balaban J connectivity index is 2.99. The van der Waals surface area contributed by atoms with Crippen LogP contribution < -0.4 is 5.32 Å². The van der Waals surface area contributed by atoms with Gasteiger partial charge in [0.2, 0.25) is 0 Å². The highest BCUT2D eigenvalue weighted by atomic mass is 19.4. The average molecular weight is 248 g/mol. The van der Waals surface area contributed by atoms with E-state index in [1.807, 2.05) is 0 Å². The van der Waals surface area contributed by atoms with Gasteiger partial charge < -0.3 is 10.1 Å². The van der Waals surface area contributed by atoms with Gasteiger partial charge in [-0.25, -0.2) is 4.79 Å². The van der Waals surface area contributed by atoms with Crippen molar-refractivity contribution in [2.24, 2.45) is 0 Å². The van der Waals surface area contributed by atoms with Gasteiger partial charge in [0, 0.05) is 6.20 Å². The molecule has 0 saturated carbocycles. The van der Waals surface area contributed by atoms with Crippen molar-refractivity contribution >= 4 is 17.6 Å². The third-order valence-electron chi connectivity index (χ3n) is 1.73. The molecule has 1 N–H and O–H groups in total. The molecule has 1 rings (SSSR count). The lowest BCUT2D eigenvalue weighted by atomic mass is 10.2. The van der Waals surface area contributed by atoms with Crippen LogP contribution in [0.15, 0.2) is 18.5 Å². The summed E-state index contributed by atoms with van der Waals surface area (Å²) in [7, 11) is 1.07. The number of ether oxygens (including phenoxy) is 1. The fourth-order valence-corrected chi connectivity index (χ4v) is 0.975. The van der Waals surface area contributed by atoms with E-state index in [0.29, 0.717) is 0 Å². The summed E-state index contributed by atoms with van der Waals surface area (Å²) in [5.41, 5.74) is -0.568. The fourth-order valence-electron chi connectivity index (χ4n) is 0.975. The molecule has 0 bridgehead atoms. The molecule has 1 amide bonds. The maximum atomic E-state index is 12.0. The summed E-state index contributed by atoms with van der Waals surface area (Å²) in [6.07, 6.45) is -2.92. The van der Waals surface area contributed by atoms with Crippen molar-refractivity contribution in [2.75, 3.05) is 12.4 Å². The molecule has 0 aliphatic heterocycles. The molecule has 92 valence electrons. The number of carbonyl (C=O) groups excluding carboxylic acids is 2. The number of rotatable bonds is 2. The van der Waals surface area contributed by atoms with E-state index >= 15 is 0 Å². The van der Waals surface area contributed by atoms with Gasteiger partial charge in [0.25, 0.3) is 0 Å². The predicted molar refractivity (Wildman–Crippen MR) is 50.3 cm³/mol. The minimum absolute atomic E-state index is 0.208. The first kappa shape index (κ1) is 12.9. The van der Waals surface area contributed by atoms with E-state index in [1.165, 1.54) is 11.5 Å². The monoisotopic (exact) mass is 248 g/mol. The summed E-state index contributed by atoms with van der Waals surface area (Å²) in [5.74, 6) is -3.06. The molecule has 0 atom stereocenters. The van der Waals surface area contributed by atoms with E-state index < -0.39 is 18.1 Å². The number of carbonyl (C=O) groups is 2. The molecule has 0 fully saturated rings. The number of pyridine rings is 1. The number of nitrogens with one attached hydrogen (secondary N) is 1. The lowest BCUT2D eigenvalue weighted by molar-refractivity contribution is -0.167. The van der Waals surface area contributed by atoms with Gasteiger partial charge in [0.05, 0.1) is 24.6 Å². The lowest BCUT2D eigenvalue weighted by Gasteiger charge is -2.10. The zero-order chi connectivity index (χ0) is 13.1. The van der Waals surface area contributed by atoms with Crippen LogP contribution in [0.25, 0.3) is 0 Å². The lowest BCUT2D eigenvalue weighted by Crippen LogP contribution is -2.30. The largest absolute Gasteiger partial charge is 0.471 e. The first-order chi connectivity index (χ1) is 7.86. The standard InChI is InChI=1S/C9H7F3N2O3/c1-17-7(15)5-2-3-13-4-6(5)14-8(16)9(10,11)12/h2-4H,1H3,(H,14,16). The number of hydrogen-bond donors (Lipinski definition) is 1. The number of esters is 1. The van der Waals surface area contributed by atoms with E-state index in [2.05, 4.69) is 9.72 Å². The summed E-state index contributed by atoms with van der Waals surface area (Å²) in [6, 6.07) is 1.14. The Morgan fingerprint density at radius 2 is 2.06 bits per heavy atom. The van der Waals surface area contributed by atoms with E-state index in [1.54, 1.807) is 0 Å². The van der Waals surface area contributed by atoms with Gasteiger partial charge in [-0.3, -0.25) is 9.78 Å². The van der Waals surface area contributed by atoms with Crippen molar-refractivity contribution in [1.29, 1.82) is 0 Å². The van der Waals surface area contributed by atoms with Crippen molar-refractivity contribution in [1.82, 2.24) is 4.98 Å². The van der Waals surface area contributed by atoms with Crippen molar-refractivity contribution in [3.05, 3.63) is 24.0 Å². The van der Waals surface area contributed by atoms with Gasteiger partial charge in [-0.05, 0) is 6.07 Å². The third kappa shape index (κ3) is 3.16. The summed E-state index contributed by atoms with van der Waals surface area (Å²) < 4.78 is 40.3. The van der Waals surface area contributed by atoms with Crippen LogP contribution in [0.3, 0.4) is 0 Å². The average Bonchev–Trinajstić information content (AvgIpc) is 2.27. The molecule has 0 aliphatic carbocycles. The van der Waals surface area contributed by atoms with E-state index in [0.717, 1.165) is 19.4 Å². The van der Waals surface area contributed by atoms with Gasteiger partial charge in [-0.2, -0.15) is 13.2 Å². The Kier molecular flexibility index (Phi) is 3.66. The van der Waals surface area contributed by atoms with Crippen molar-refractivity contribution < 1.29 is 27.5 Å². The van der Waals surface area contributed by atoms with Crippen LogP contribution in [0.4, 0.5) is 18.9 Å². The Bertz CT molecular complexity index is 445. The van der Waals surface area contributed by atoms with Gasteiger partial charge in [0.15, 0.2) is 0 Å². The summed E-state index contributed by atoms with van der Waals surface area (Å²) in [6.45, 7) is 0. The molecule has 0 radical (unpaired) electrons. The van der Waals surface area contributed by atoms with Crippen LogP contribution in [0.2, 0.25) is 0 Å². The number of nitrogens with zero attached hydrogens (tertiary/aromatic N) is 1. The zero-order valence-electron chi connectivity index (χ0n) is 8.54. The topological polar surface area (TPSA) is 68.3 Å². The molecule has 5 nitrogen and oxygen atoms in total. The summed E-state index contributed by atoms with van der Waals surface area (Å²) in [5, 5.41) is 1.54. The maximum absolute atomic E-state index is 12.0. The second-order valence-electron chi connectivity index (χ2n) is 2.86. The molecule has 17 heavy (non-hydrogen) atoms. The first-order valence-corrected chi connectivity index (χ1v) is 4.26. The molecule has 0 spiro atoms. The van der Waals surface area contributed by atoms with Gasteiger partial charge in [0.1, 0.15) is 0 Å². The Morgan fingerprint density at radius 1 is 1.41 bits per heavy atom. The molecule has 1 aromatic rings. The molecule has 0 aliphatic rings. The van der Waals surface area contributed by atoms with Crippen LogP contribution in [0.5, 0.6) is 0 Å². The molecule has 8 heteroatoms. The van der Waals surface area contributed by atoms with Gasteiger partial charge >= 0.3 is 18.1 Å². The normalized spacial score (nSPS) is 10.8. The van der Waals surface area contributed by atoms with E-state index in [4.69, 9.17) is 0 Å². The van der Waals surface area contributed by atoms with Crippen molar-refractivity contribution in [3.8, 4) is 0 Å². The Hall–Kier alpha value is -2.12. The molecule has 0 saturated heterocycles. The number of halogens is 3. The second-order valence-corrected chi connectivity index (χ2v) is 2.86.